The minimum atomic E-state index is -0.233. The maximum atomic E-state index is 13.0. The number of ether oxygens (including phenoxy) is 1. The molecule has 1 fully saturated rings. The average Bonchev–Trinajstić information content (AvgIpc) is 2.39. The highest BCUT2D eigenvalue weighted by atomic mass is 79.9. The Kier molecular flexibility index (Phi) is 5.01. The van der Waals surface area contributed by atoms with E-state index in [0.29, 0.717) is 12.4 Å². The second-order valence-corrected chi connectivity index (χ2v) is 5.74. The Bertz CT molecular complexity index is 410. The molecule has 1 saturated heterocycles. The van der Waals surface area contributed by atoms with Crippen LogP contribution in [0.3, 0.4) is 0 Å². The molecule has 0 radical (unpaired) electrons. The van der Waals surface area contributed by atoms with Gasteiger partial charge in [0.2, 0.25) is 0 Å². The zero-order valence-corrected chi connectivity index (χ0v) is 12.4. The molecule has 1 aliphatic heterocycles. The molecule has 2 rings (SSSR count). The van der Waals surface area contributed by atoms with Crippen molar-refractivity contribution in [3.8, 4) is 0 Å². The summed E-state index contributed by atoms with van der Waals surface area (Å²) in [7, 11) is 0. The average molecular weight is 337 g/mol. The zero-order valence-electron chi connectivity index (χ0n) is 10.0. The minimum Gasteiger partial charge on any atom is -0.381 e. The molecule has 1 N–H and O–H groups in total. The van der Waals surface area contributed by atoms with Crippen LogP contribution < -0.4 is 5.32 Å². The Balaban J connectivity index is 2.01. The lowest BCUT2D eigenvalue weighted by Gasteiger charge is -2.36. The Morgan fingerprint density at radius 2 is 2.11 bits per heavy atom. The van der Waals surface area contributed by atoms with Gasteiger partial charge in [0.15, 0.2) is 0 Å². The Hall–Kier alpha value is -0.160. The molecule has 5 heteroatoms. The fourth-order valence-electron chi connectivity index (χ4n) is 2.07. The van der Waals surface area contributed by atoms with Gasteiger partial charge >= 0.3 is 0 Å². The predicted molar refractivity (Wildman–Crippen MR) is 74.4 cm³/mol. The summed E-state index contributed by atoms with van der Waals surface area (Å²) in [6.45, 7) is 2.15. The van der Waals surface area contributed by atoms with E-state index in [9.17, 15) is 4.39 Å². The van der Waals surface area contributed by atoms with Crippen LogP contribution in [-0.2, 0) is 11.3 Å². The van der Waals surface area contributed by atoms with Crippen LogP contribution in [-0.4, -0.2) is 24.6 Å². The molecule has 0 unspecified atom stereocenters. The van der Waals surface area contributed by atoms with E-state index >= 15 is 0 Å². The Morgan fingerprint density at radius 1 is 1.39 bits per heavy atom. The van der Waals surface area contributed by atoms with Crippen molar-refractivity contribution in [3.05, 3.63) is 34.1 Å². The molecular weight excluding hydrogens is 321 g/mol. The third-order valence-corrected chi connectivity index (χ3v) is 4.62. The van der Waals surface area contributed by atoms with E-state index in [2.05, 4.69) is 21.2 Å². The van der Waals surface area contributed by atoms with Crippen molar-refractivity contribution in [3.63, 3.8) is 0 Å². The lowest BCUT2D eigenvalue weighted by Crippen LogP contribution is -2.50. The topological polar surface area (TPSA) is 21.3 Å². The number of hydrogen-bond donors (Lipinski definition) is 1. The molecular formula is C13H16BrClFNO. The van der Waals surface area contributed by atoms with Gasteiger partial charge in [-0.05, 0) is 30.5 Å². The molecule has 18 heavy (non-hydrogen) atoms. The number of alkyl halides is 1. The molecule has 0 spiro atoms. The molecule has 0 amide bonds. The molecule has 2 nitrogen and oxygen atoms in total. The van der Waals surface area contributed by atoms with E-state index in [1.54, 1.807) is 6.07 Å². The van der Waals surface area contributed by atoms with Gasteiger partial charge in [-0.15, -0.1) is 11.6 Å². The van der Waals surface area contributed by atoms with Gasteiger partial charge in [-0.1, -0.05) is 22.0 Å². The third-order valence-electron chi connectivity index (χ3n) is 3.37. The molecule has 100 valence electrons. The molecule has 0 bridgehead atoms. The monoisotopic (exact) mass is 335 g/mol. The summed E-state index contributed by atoms with van der Waals surface area (Å²) < 4.78 is 19.1. The standard InChI is InChI=1S/C13H16BrClFNO/c14-12-7-11(16)2-1-10(12)8-17-13(9-15)3-5-18-6-4-13/h1-2,7,17H,3-6,8-9H2. The Labute approximate surface area is 120 Å². The minimum absolute atomic E-state index is 0.0619. The number of benzene rings is 1. The largest absolute Gasteiger partial charge is 0.381 e. The van der Waals surface area contributed by atoms with E-state index in [0.717, 1.165) is 36.1 Å². The second kappa shape index (κ2) is 6.33. The smallest absolute Gasteiger partial charge is 0.124 e. The summed E-state index contributed by atoms with van der Waals surface area (Å²) in [6.07, 6.45) is 1.82. The summed E-state index contributed by atoms with van der Waals surface area (Å²) >= 11 is 9.45. The molecule has 1 aromatic rings. The van der Waals surface area contributed by atoms with Gasteiger partial charge in [0.05, 0.1) is 0 Å². The van der Waals surface area contributed by atoms with E-state index in [1.165, 1.54) is 12.1 Å². The summed E-state index contributed by atoms with van der Waals surface area (Å²) in [6, 6.07) is 4.74. The van der Waals surface area contributed by atoms with Crippen LogP contribution in [0.15, 0.2) is 22.7 Å². The van der Waals surface area contributed by atoms with E-state index < -0.39 is 0 Å². The van der Waals surface area contributed by atoms with Gasteiger partial charge in [-0.2, -0.15) is 0 Å². The van der Waals surface area contributed by atoms with Crippen molar-refractivity contribution in [1.82, 2.24) is 5.32 Å². The van der Waals surface area contributed by atoms with Crippen molar-refractivity contribution in [2.24, 2.45) is 0 Å². The first-order valence-corrected chi connectivity index (χ1v) is 7.31. The highest BCUT2D eigenvalue weighted by Gasteiger charge is 2.31. The predicted octanol–water partition coefficient (Wildman–Crippen LogP) is 3.47. The second-order valence-electron chi connectivity index (χ2n) is 4.62. The quantitative estimate of drug-likeness (QED) is 0.850. The third kappa shape index (κ3) is 3.44. The summed E-state index contributed by atoms with van der Waals surface area (Å²) in [5, 5.41) is 3.50. The van der Waals surface area contributed by atoms with Crippen LogP contribution >= 0.6 is 27.5 Å². The van der Waals surface area contributed by atoms with E-state index in [-0.39, 0.29) is 11.4 Å². The molecule has 0 aromatic heterocycles. The maximum Gasteiger partial charge on any atom is 0.124 e. The van der Waals surface area contributed by atoms with Crippen molar-refractivity contribution in [1.29, 1.82) is 0 Å². The van der Waals surface area contributed by atoms with Crippen LogP contribution in [0.25, 0.3) is 0 Å². The fraction of sp³-hybridized carbons (Fsp3) is 0.538. The van der Waals surface area contributed by atoms with Gasteiger partial charge in [0.1, 0.15) is 5.82 Å². The first-order chi connectivity index (χ1) is 8.65. The van der Waals surface area contributed by atoms with Crippen molar-refractivity contribution in [2.45, 2.75) is 24.9 Å². The van der Waals surface area contributed by atoms with Crippen molar-refractivity contribution in [2.75, 3.05) is 19.1 Å². The van der Waals surface area contributed by atoms with Gasteiger partial charge in [0, 0.05) is 35.7 Å². The highest BCUT2D eigenvalue weighted by molar-refractivity contribution is 9.10. The first kappa shape index (κ1) is 14.3. The van der Waals surface area contributed by atoms with Crippen LogP contribution in [0, 0.1) is 5.82 Å². The van der Waals surface area contributed by atoms with Gasteiger partial charge in [-0.25, -0.2) is 4.39 Å². The fourth-order valence-corrected chi connectivity index (χ4v) is 2.92. The normalized spacial score (nSPS) is 18.8. The van der Waals surface area contributed by atoms with Crippen molar-refractivity contribution < 1.29 is 9.13 Å². The summed E-state index contributed by atoms with van der Waals surface area (Å²) in [4.78, 5) is 0. The van der Waals surface area contributed by atoms with Crippen LogP contribution in [0.5, 0.6) is 0 Å². The molecule has 0 aliphatic carbocycles. The number of rotatable bonds is 4. The zero-order chi connectivity index (χ0) is 13.0. The van der Waals surface area contributed by atoms with E-state index in [4.69, 9.17) is 16.3 Å². The summed E-state index contributed by atoms with van der Waals surface area (Å²) in [5.74, 6) is 0.332. The van der Waals surface area contributed by atoms with Crippen LogP contribution in [0.4, 0.5) is 4.39 Å². The molecule has 1 heterocycles. The van der Waals surface area contributed by atoms with Gasteiger partial charge in [0.25, 0.3) is 0 Å². The van der Waals surface area contributed by atoms with E-state index in [1.807, 2.05) is 0 Å². The van der Waals surface area contributed by atoms with Crippen molar-refractivity contribution >= 4 is 27.5 Å². The number of halogens is 3. The van der Waals surface area contributed by atoms with Crippen LogP contribution in [0.2, 0.25) is 0 Å². The lowest BCUT2D eigenvalue weighted by atomic mass is 9.92. The van der Waals surface area contributed by atoms with Crippen LogP contribution in [0.1, 0.15) is 18.4 Å². The van der Waals surface area contributed by atoms with Gasteiger partial charge in [-0.3, -0.25) is 0 Å². The lowest BCUT2D eigenvalue weighted by molar-refractivity contribution is 0.0459. The molecule has 0 atom stereocenters. The SMILES string of the molecule is Fc1ccc(CNC2(CCl)CCOCC2)c(Br)c1. The summed E-state index contributed by atoms with van der Waals surface area (Å²) in [5.41, 5.74) is 0.973. The number of nitrogens with one attached hydrogen (secondary N) is 1. The molecule has 0 saturated carbocycles. The highest BCUT2D eigenvalue weighted by Crippen LogP contribution is 2.24. The Morgan fingerprint density at radius 3 is 2.72 bits per heavy atom. The first-order valence-electron chi connectivity index (χ1n) is 5.98. The maximum absolute atomic E-state index is 13.0. The molecule has 1 aliphatic rings. The number of hydrogen-bond acceptors (Lipinski definition) is 2. The van der Waals surface area contributed by atoms with Gasteiger partial charge < -0.3 is 10.1 Å². The molecule has 1 aromatic carbocycles.